The normalized spacial score (nSPS) is 26.0. The first-order chi connectivity index (χ1) is 15.4. The Morgan fingerprint density at radius 3 is 2.84 bits per heavy atom. The highest BCUT2D eigenvalue weighted by Gasteiger charge is 2.50. The molecular formula is C21H22F3N7O. The van der Waals surface area contributed by atoms with E-state index in [1.54, 1.807) is 28.5 Å². The van der Waals surface area contributed by atoms with Gasteiger partial charge < -0.3 is 14.3 Å². The Morgan fingerprint density at radius 1 is 1.25 bits per heavy atom. The largest absolute Gasteiger partial charge is 0.401 e. The van der Waals surface area contributed by atoms with Crippen molar-refractivity contribution in [3.63, 3.8) is 0 Å². The number of rotatable bonds is 4. The number of aromatic nitrogens is 4. The average molecular weight is 445 g/mol. The Morgan fingerprint density at radius 2 is 2.09 bits per heavy atom. The highest BCUT2D eigenvalue weighted by atomic mass is 19.3. The molecule has 0 radical (unpaired) electrons. The monoisotopic (exact) mass is 445 g/mol. The van der Waals surface area contributed by atoms with Crippen LogP contribution in [0.15, 0.2) is 46.7 Å². The Balaban J connectivity index is 1.38. The molecule has 3 aliphatic heterocycles. The van der Waals surface area contributed by atoms with Gasteiger partial charge in [0.25, 0.3) is 5.89 Å². The second kappa shape index (κ2) is 6.96. The number of allylic oxidation sites excluding steroid dienone is 3. The quantitative estimate of drug-likeness (QED) is 0.771. The Labute approximate surface area is 182 Å². The van der Waals surface area contributed by atoms with Crippen molar-refractivity contribution in [2.75, 3.05) is 18.5 Å². The van der Waals surface area contributed by atoms with Crippen molar-refractivity contribution in [1.29, 1.82) is 0 Å². The number of likely N-dealkylation sites (N-methyl/N-ethyl adjacent to an activating group) is 1. The van der Waals surface area contributed by atoms with Crippen LogP contribution < -0.4 is 4.90 Å². The Hall–Kier alpha value is -3.08. The minimum absolute atomic E-state index is 0.0286. The average Bonchev–Trinajstić information content (AvgIpc) is 3.45. The summed E-state index contributed by atoms with van der Waals surface area (Å²) in [6, 6.07) is -0.738. The smallest absolute Gasteiger partial charge is 0.326 e. The molecule has 0 aromatic carbocycles. The standard InChI is InChI=1S/C21H22F3N7O/c1-29-16(10-15-13(22)6-3-8-31(15)29)18-17-14(25-11-26-17)7-9-30(18)20-28-27-19(32-20)21(23,24)12-4-2-5-12/h3,6,8,10-12,16,18H,2,4-5,7,9H2,1H3,(H,25,26)/t16?,18-/m1/s1. The van der Waals surface area contributed by atoms with Crippen molar-refractivity contribution in [2.45, 2.75) is 43.7 Å². The van der Waals surface area contributed by atoms with Crippen LogP contribution in [0, 0.1) is 5.92 Å². The van der Waals surface area contributed by atoms with Crippen molar-refractivity contribution in [1.82, 2.24) is 30.2 Å². The minimum atomic E-state index is -3.14. The first-order valence-electron chi connectivity index (χ1n) is 10.7. The topological polar surface area (TPSA) is 77.3 Å². The number of hydrogen-bond donors (Lipinski definition) is 1. The number of anilines is 1. The van der Waals surface area contributed by atoms with Gasteiger partial charge in [-0.1, -0.05) is 11.5 Å². The molecule has 1 fully saturated rings. The van der Waals surface area contributed by atoms with Crippen LogP contribution in [0.3, 0.4) is 0 Å². The fraction of sp³-hybridized carbons (Fsp3) is 0.476. The van der Waals surface area contributed by atoms with Gasteiger partial charge in [-0.05, 0) is 31.1 Å². The molecule has 6 rings (SSSR count). The summed E-state index contributed by atoms with van der Waals surface area (Å²) in [6.07, 6.45) is 10.6. The Bertz CT molecular complexity index is 1130. The number of alkyl halides is 2. The van der Waals surface area contributed by atoms with E-state index in [0.717, 1.165) is 17.8 Å². The van der Waals surface area contributed by atoms with Gasteiger partial charge in [0, 0.05) is 37.8 Å². The molecule has 1 unspecified atom stereocenters. The molecule has 1 aliphatic carbocycles. The summed E-state index contributed by atoms with van der Waals surface area (Å²) >= 11 is 0. The van der Waals surface area contributed by atoms with Gasteiger partial charge in [-0.25, -0.2) is 14.4 Å². The zero-order chi connectivity index (χ0) is 22.0. The Kier molecular flexibility index (Phi) is 4.26. The van der Waals surface area contributed by atoms with Crippen LogP contribution in [0.25, 0.3) is 0 Å². The molecule has 0 saturated heterocycles. The van der Waals surface area contributed by atoms with Gasteiger partial charge in [-0.3, -0.25) is 5.01 Å². The van der Waals surface area contributed by atoms with Crippen LogP contribution in [0.2, 0.25) is 0 Å². The molecule has 2 aromatic rings. The first kappa shape index (κ1) is 19.6. The molecule has 11 heteroatoms. The van der Waals surface area contributed by atoms with Crippen LogP contribution in [0.5, 0.6) is 0 Å². The summed E-state index contributed by atoms with van der Waals surface area (Å²) in [6.45, 7) is 0.470. The predicted octanol–water partition coefficient (Wildman–Crippen LogP) is 3.58. The van der Waals surface area contributed by atoms with E-state index in [1.807, 2.05) is 18.1 Å². The van der Waals surface area contributed by atoms with Gasteiger partial charge in [0.1, 0.15) is 5.83 Å². The first-order valence-corrected chi connectivity index (χ1v) is 10.7. The molecule has 2 atom stereocenters. The summed E-state index contributed by atoms with van der Waals surface area (Å²) in [5.41, 5.74) is 2.14. The van der Waals surface area contributed by atoms with E-state index in [4.69, 9.17) is 4.42 Å². The van der Waals surface area contributed by atoms with Crippen LogP contribution in [-0.2, 0) is 12.3 Å². The van der Waals surface area contributed by atoms with E-state index in [9.17, 15) is 13.2 Å². The molecule has 168 valence electrons. The van der Waals surface area contributed by atoms with Gasteiger partial charge in [0.15, 0.2) is 0 Å². The third-order valence-electron chi connectivity index (χ3n) is 6.92. The van der Waals surface area contributed by atoms with Gasteiger partial charge in [0.2, 0.25) is 0 Å². The summed E-state index contributed by atoms with van der Waals surface area (Å²) in [5.74, 6) is -4.88. The molecule has 1 N–H and O–H groups in total. The maximum Gasteiger partial charge on any atom is 0.326 e. The van der Waals surface area contributed by atoms with Gasteiger partial charge in [-0.2, -0.15) is 8.78 Å². The highest BCUT2D eigenvalue weighted by Crippen LogP contribution is 2.47. The predicted molar refractivity (Wildman–Crippen MR) is 108 cm³/mol. The van der Waals surface area contributed by atoms with Crippen LogP contribution >= 0.6 is 0 Å². The zero-order valence-corrected chi connectivity index (χ0v) is 17.4. The molecule has 0 bridgehead atoms. The maximum atomic E-state index is 14.8. The van der Waals surface area contributed by atoms with Gasteiger partial charge in [-0.15, -0.1) is 5.10 Å². The number of halogens is 3. The summed E-state index contributed by atoms with van der Waals surface area (Å²) in [5, 5.41) is 11.3. The van der Waals surface area contributed by atoms with Crippen molar-refractivity contribution in [3.8, 4) is 0 Å². The molecule has 1 saturated carbocycles. The van der Waals surface area contributed by atoms with Gasteiger partial charge in [0.05, 0.1) is 29.8 Å². The molecule has 8 nitrogen and oxygen atoms in total. The fourth-order valence-electron chi connectivity index (χ4n) is 4.90. The van der Waals surface area contributed by atoms with E-state index in [-0.39, 0.29) is 17.9 Å². The number of fused-ring (bicyclic) bond motifs is 2. The maximum absolute atomic E-state index is 14.8. The van der Waals surface area contributed by atoms with Crippen LogP contribution in [-0.4, -0.2) is 49.8 Å². The lowest BCUT2D eigenvalue weighted by Gasteiger charge is -2.40. The number of hydrogen-bond acceptors (Lipinski definition) is 7. The minimum Gasteiger partial charge on any atom is -0.401 e. The van der Waals surface area contributed by atoms with Crippen LogP contribution in [0.4, 0.5) is 19.2 Å². The van der Waals surface area contributed by atoms with E-state index in [0.29, 0.717) is 31.5 Å². The number of nitrogens with one attached hydrogen (secondary N) is 1. The number of imidazole rings is 1. The molecular weight excluding hydrogens is 423 g/mol. The van der Waals surface area contributed by atoms with E-state index in [2.05, 4.69) is 20.2 Å². The number of H-pyrrole nitrogens is 1. The SMILES string of the molecule is CN1C([C@@H]2c3nc[nH]c3CCN2c2nnc(C(F)(F)C3CCC3)o2)C=C2C(F)=CC=CN21. The summed E-state index contributed by atoms with van der Waals surface area (Å²) < 4.78 is 49.6. The van der Waals surface area contributed by atoms with E-state index < -0.39 is 23.8 Å². The number of nitrogens with zero attached hydrogens (tertiary/aromatic N) is 6. The second-order valence-corrected chi connectivity index (χ2v) is 8.61. The van der Waals surface area contributed by atoms with Crippen molar-refractivity contribution in [3.05, 3.63) is 59.6 Å². The lowest BCUT2D eigenvalue weighted by molar-refractivity contribution is -0.114. The molecule has 0 amide bonds. The molecule has 0 spiro atoms. The fourth-order valence-corrected chi connectivity index (χ4v) is 4.90. The van der Waals surface area contributed by atoms with E-state index in [1.165, 1.54) is 6.08 Å². The third kappa shape index (κ3) is 2.76. The molecule has 32 heavy (non-hydrogen) atoms. The lowest BCUT2D eigenvalue weighted by Crippen LogP contribution is -2.48. The summed E-state index contributed by atoms with van der Waals surface area (Å²) in [4.78, 5) is 9.46. The second-order valence-electron chi connectivity index (χ2n) is 8.61. The van der Waals surface area contributed by atoms with Crippen molar-refractivity contribution < 1.29 is 17.6 Å². The molecule has 2 aromatic heterocycles. The number of aromatic amines is 1. The highest BCUT2D eigenvalue weighted by molar-refractivity contribution is 5.43. The zero-order valence-electron chi connectivity index (χ0n) is 17.4. The van der Waals surface area contributed by atoms with Crippen molar-refractivity contribution in [2.24, 2.45) is 5.92 Å². The lowest BCUT2D eigenvalue weighted by atomic mass is 9.80. The van der Waals surface area contributed by atoms with E-state index >= 15 is 0 Å². The number of hydrazine groups is 1. The van der Waals surface area contributed by atoms with Crippen LogP contribution in [0.1, 0.15) is 42.6 Å². The summed E-state index contributed by atoms with van der Waals surface area (Å²) in [7, 11) is 1.85. The molecule has 4 aliphatic rings. The van der Waals surface area contributed by atoms with Gasteiger partial charge >= 0.3 is 11.9 Å². The third-order valence-corrected chi connectivity index (χ3v) is 6.92. The molecule has 5 heterocycles. The van der Waals surface area contributed by atoms with Crippen molar-refractivity contribution >= 4 is 6.01 Å².